The lowest BCUT2D eigenvalue weighted by molar-refractivity contribution is -0.129. The Labute approximate surface area is 85.4 Å². The quantitative estimate of drug-likeness (QED) is 0.401. The van der Waals surface area contributed by atoms with Crippen LogP contribution in [0.25, 0.3) is 0 Å². The van der Waals surface area contributed by atoms with Crippen molar-refractivity contribution in [3.05, 3.63) is 11.6 Å². The fourth-order valence-corrected chi connectivity index (χ4v) is 1.09. The maximum absolute atomic E-state index is 11.5. The molecule has 0 aliphatic rings. The summed E-state index contributed by atoms with van der Waals surface area (Å²) >= 11 is 0. The summed E-state index contributed by atoms with van der Waals surface area (Å²) in [5.41, 5.74) is 5.69. The summed E-state index contributed by atoms with van der Waals surface area (Å²) in [4.78, 5) is 22.3. The fraction of sp³-hybridized carbons (Fsp3) is 0.636. The normalized spacial score (nSPS) is 13.8. The van der Waals surface area contributed by atoms with Crippen molar-refractivity contribution in [2.24, 2.45) is 11.7 Å². The molecule has 0 rings (SSSR count). The molecule has 2 N–H and O–H groups in total. The number of hydrogen-bond donors (Lipinski definition) is 1. The highest BCUT2D eigenvalue weighted by Gasteiger charge is 2.19. The molecule has 0 fully saturated rings. The second kappa shape index (κ2) is 6.35. The fourth-order valence-electron chi connectivity index (χ4n) is 1.09. The van der Waals surface area contributed by atoms with Crippen molar-refractivity contribution in [1.82, 2.24) is 0 Å². The minimum Gasteiger partial charge on any atom is -0.369 e. The van der Waals surface area contributed by atoms with Crippen LogP contribution in [0.1, 0.15) is 40.0 Å². The van der Waals surface area contributed by atoms with E-state index in [0.29, 0.717) is 5.57 Å². The second-order valence-corrected chi connectivity index (χ2v) is 3.52. The summed E-state index contributed by atoms with van der Waals surface area (Å²) < 4.78 is 0. The van der Waals surface area contributed by atoms with Gasteiger partial charge in [-0.15, -0.1) is 0 Å². The molecule has 0 aromatic rings. The lowest BCUT2D eigenvalue weighted by Crippen LogP contribution is -2.28. The maximum Gasteiger partial charge on any atom is 0.228 e. The molecule has 1 atom stereocenters. The number of unbranched alkanes of at least 4 members (excludes halogenated alkanes) is 2. The number of primary amides is 1. The Morgan fingerprint density at radius 3 is 2.43 bits per heavy atom. The Hall–Kier alpha value is -1.12. The zero-order valence-electron chi connectivity index (χ0n) is 9.17. The third-order valence-electron chi connectivity index (χ3n) is 2.22. The van der Waals surface area contributed by atoms with Gasteiger partial charge in [0.05, 0.1) is 5.92 Å². The van der Waals surface area contributed by atoms with Gasteiger partial charge < -0.3 is 5.73 Å². The van der Waals surface area contributed by atoms with E-state index in [1.807, 2.05) is 6.08 Å². The Morgan fingerprint density at radius 1 is 1.43 bits per heavy atom. The summed E-state index contributed by atoms with van der Waals surface area (Å²) in [6.45, 7) is 5.37. The van der Waals surface area contributed by atoms with Crippen molar-refractivity contribution in [1.29, 1.82) is 0 Å². The van der Waals surface area contributed by atoms with Crippen LogP contribution in [0.5, 0.6) is 0 Å². The van der Waals surface area contributed by atoms with Crippen LogP contribution in [0.3, 0.4) is 0 Å². The van der Waals surface area contributed by atoms with Crippen LogP contribution in [0, 0.1) is 5.92 Å². The Bertz CT molecular complexity index is 244. The summed E-state index contributed by atoms with van der Waals surface area (Å²) in [5, 5.41) is 0. The maximum atomic E-state index is 11.5. The summed E-state index contributed by atoms with van der Waals surface area (Å²) in [7, 11) is 0. The minimum absolute atomic E-state index is 0.159. The van der Waals surface area contributed by atoms with Gasteiger partial charge in [-0.2, -0.15) is 0 Å². The number of ketones is 1. The molecule has 3 nitrogen and oxygen atoms in total. The average Bonchev–Trinajstić information content (AvgIpc) is 2.15. The molecular weight excluding hydrogens is 178 g/mol. The van der Waals surface area contributed by atoms with Crippen LogP contribution >= 0.6 is 0 Å². The number of nitrogens with two attached hydrogens (primary N) is 1. The van der Waals surface area contributed by atoms with E-state index in [1.54, 1.807) is 13.8 Å². The van der Waals surface area contributed by atoms with Crippen molar-refractivity contribution in [2.75, 3.05) is 0 Å². The predicted octanol–water partition coefficient (Wildman–Crippen LogP) is 1.81. The first kappa shape index (κ1) is 12.9. The molecule has 0 aromatic heterocycles. The van der Waals surface area contributed by atoms with Gasteiger partial charge in [0, 0.05) is 0 Å². The molecular formula is C11H19NO2. The predicted molar refractivity (Wildman–Crippen MR) is 56.6 cm³/mol. The largest absolute Gasteiger partial charge is 0.369 e. The monoisotopic (exact) mass is 197 g/mol. The molecule has 0 aliphatic heterocycles. The SMILES string of the molecule is CCCC/C=C(\C)C(=O)C(C)C(N)=O. The highest BCUT2D eigenvalue weighted by atomic mass is 16.2. The number of hydrogen-bond acceptors (Lipinski definition) is 2. The van der Waals surface area contributed by atoms with Gasteiger partial charge in [-0.05, 0) is 25.8 Å². The van der Waals surface area contributed by atoms with E-state index >= 15 is 0 Å². The van der Waals surface area contributed by atoms with E-state index in [4.69, 9.17) is 5.73 Å². The highest BCUT2D eigenvalue weighted by molar-refractivity contribution is 6.08. The molecule has 0 aliphatic carbocycles. The standard InChI is InChI=1S/C11H19NO2/c1-4-5-6-7-8(2)10(13)9(3)11(12)14/h7,9H,4-6H2,1-3H3,(H2,12,14)/b8-7+. The molecule has 0 saturated heterocycles. The van der Waals surface area contributed by atoms with Gasteiger partial charge in [-0.25, -0.2) is 0 Å². The summed E-state index contributed by atoms with van der Waals surface area (Å²) in [5.74, 6) is -1.42. The van der Waals surface area contributed by atoms with Crippen molar-refractivity contribution >= 4 is 11.7 Å². The number of amides is 1. The molecule has 0 spiro atoms. The molecule has 0 heterocycles. The van der Waals surface area contributed by atoms with E-state index in [0.717, 1.165) is 19.3 Å². The molecule has 0 bridgehead atoms. The van der Waals surface area contributed by atoms with Crippen molar-refractivity contribution in [3.63, 3.8) is 0 Å². The molecule has 80 valence electrons. The van der Waals surface area contributed by atoms with Gasteiger partial charge in [0.15, 0.2) is 5.78 Å². The number of carbonyl (C=O) groups is 2. The van der Waals surface area contributed by atoms with Gasteiger partial charge in [0.2, 0.25) is 5.91 Å². The van der Waals surface area contributed by atoms with Crippen LogP contribution in [-0.2, 0) is 9.59 Å². The molecule has 14 heavy (non-hydrogen) atoms. The van der Waals surface area contributed by atoms with Gasteiger partial charge in [0.25, 0.3) is 0 Å². The van der Waals surface area contributed by atoms with Crippen molar-refractivity contribution in [2.45, 2.75) is 40.0 Å². The van der Waals surface area contributed by atoms with E-state index in [9.17, 15) is 9.59 Å². The minimum atomic E-state index is -0.701. The van der Waals surface area contributed by atoms with Crippen molar-refractivity contribution in [3.8, 4) is 0 Å². The third-order valence-corrected chi connectivity index (χ3v) is 2.22. The zero-order chi connectivity index (χ0) is 11.1. The van der Waals surface area contributed by atoms with E-state index in [1.165, 1.54) is 0 Å². The van der Waals surface area contributed by atoms with Gasteiger partial charge in [-0.3, -0.25) is 9.59 Å². The van der Waals surface area contributed by atoms with Crippen LogP contribution in [0.2, 0.25) is 0 Å². The Balaban J connectivity index is 4.24. The molecule has 3 heteroatoms. The first-order chi connectivity index (χ1) is 6.50. The van der Waals surface area contributed by atoms with Crippen LogP contribution in [-0.4, -0.2) is 11.7 Å². The molecule has 1 amide bonds. The average molecular weight is 197 g/mol. The third kappa shape index (κ3) is 4.21. The summed E-state index contributed by atoms with van der Waals surface area (Å²) in [6.07, 6.45) is 4.93. The smallest absolute Gasteiger partial charge is 0.228 e. The van der Waals surface area contributed by atoms with Gasteiger partial charge in [0.1, 0.15) is 0 Å². The molecule has 0 saturated carbocycles. The molecule has 0 aromatic carbocycles. The van der Waals surface area contributed by atoms with E-state index in [-0.39, 0.29) is 5.78 Å². The Morgan fingerprint density at radius 2 is 2.00 bits per heavy atom. The second-order valence-electron chi connectivity index (χ2n) is 3.52. The van der Waals surface area contributed by atoms with Crippen LogP contribution in [0.4, 0.5) is 0 Å². The number of carbonyl (C=O) groups excluding carboxylic acids is 2. The van der Waals surface area contributed by atoms with Gasteiger partial charge >= 0.3 is 0 Å². The highest BCUT2D eigenvalue weighted by Crippen LogP contribution is 2.08. The molecule has 0 radical (unpaired) electrons. The zero-order valence-corrected chi connectivity index (χ0v) is 9.17. The van der Waals surface area contributed by atoms with E-state index < -0.39 is 11.8 Å². The lowest BCUT2D eigenvalue weighted by atomic mass is 9.99. The molecule has 1 unspecified atom stereocenters. The first-order valence-electron chi connectivity index (χ1n) is 5.01. The van der Waals surface area contributed by atoms with E-state index in [2.05, 4.69) is 6.92 Å². The topological polar surface area (TPSA) is 60.2 Å². The first-order valence-corrected chi connectivity index (χ1v) is 5.01. The lowest BCUT2D eigenvalue weighted by Gasteiger charge is -2.05. The van der Waals surface area contributed by atoms with Crippen molar-refractivity contribution < 1.29 is 9.59 Å². The number of Topliss-reactive ketones (excluding diaryl/α,β-unsaturated/α-hetero) is 1. The Kier molecular flexibility index (Phi) is 5.84. The number of allylic oxidation sites excluding steroid dienone is 2. The van der Waals surface area contributed by atoms with Crippen LogP contribution in [0.15, 0.2) is 11.6 Å². The summed E-state index contributed by atoms with van der Waals surface area (Å²) in [6, 6.07) is 0. The number of rotatable bonds is 6. The van der Waals surface area contributed by atoms with Gasteiger partial charge in [-0.1, -0.05) is 25.8 Å². The van der Waals surface area contributed by atoms with Crippen LogP contribution < -0.4 is 5.73 Å².